The molecule has 3 aromatic carbocycles. The average molecular weight is 424 g/mol. The molecule has 0 bridgehead atoms. The van der Waals surface area contributed by atoms with Gasteiger partial charge in [-0.2, -0.15) is 0 Å². The van der Waals surface area contributed by atoms with E-state index in [2.05, 4.69) is 5.32 Å². The zero-order chi connectivity index (χ0) is 21.5. The second kappa shape index (κ2) is 9.71. The Hall–Kier alpha value is -3.64. The number of nitrogens with one attached hydrogen (secondary N) is 1. The Bertz CT molecular complexity index is 1080. The standard InChI is InChI=1S/C23H18ClNO5/c1-29-18-11-9-15(10-12-18)22(27)19-7-2-3-8-20(19)23(28)30-14-21(26)25-17-6-4-5-16(24)13-17/h2-13H,14H2,1H3,(H,25,26). The highest BCUT2D eigenvalue weighted by Crippen LogP contribution is 2.19. The summed E-state index contributed by atoms with van der Waals surface area (Å²) in [4.78, 5) is 37.4. The van der Waals surface area contributed by atoms with E-state index >= 15 is 0 Å². The van der Waals surface area contributed by atoms with Gasteiger partial charge in [0, 0.05) is 21.8 Å². The number of benzene rings is 3. The van der Waals surface area contributed by atoms with E-state index in [9.17, 15) is 14.4 Å². The summed E-state index contributed by atoms with van der Waals surface area (Å²) in [6, 6.07) is 19.4. The number of ketones is 1. The van der Waals surface area contributed by atoms with Crippen molar-refractivity contribution in [2.45, 2.75) is 0 Å². The lowest BCUT2D eigenvalue weighted by Crippen LogP contribution is -2.22. The van der Waals surface area contributed by atoms with E-state index < -0.39 is 18.5 Å². The molecule has 0 heterocycles. The lowest BCUT2D eigenvalue weighted by molar-refractivity contribution is -0.119. The minimum absolute atomic E-state index is 0.0777. The second-order valence-corrected chi connectivity index (χ2v) is 6.67. The maximum atomic E-state index is 12.8. The van der Waals surface area contributed by atoms with Gasteiger partial charge in [0.15, 0.2) is 12.4 Å². The lowest BCUT2D eigenvalue weighted by Gasteiger charge is -2.10. The van der Waals surface area contributed by atoms with Gasteiger partial charge in [-0.1, -0.05) is 35.9 Å². The minimum atomic E-state index is -0.770. The molecule has 152 valence electrons. The number of anilines is 1. The molecule has 0 saturated heterocycles. The van der Waals surface area contributed by atoms with Crippen LogP contribution in [0, 0.1) is 0 Å². The van der Waals surface area contributed by atoms with Gasteiger partial charge in [-0.3, -0.25) is 9.59 Å². The molecule has 0 aliphatic carbocycles. The third-order valence-corrected chi connectivity index (χ3v) is 4.42. The largest absolute Gasteiger partial charge is 0.497 e. The topological polar surface area (TPSA) is 81.7 Å². The number of carbonyl (C=O) groups excluding carboxylic acids is 3. The van der Waals surface area contributed by atoms with Crippen LogP contribution in [0.2, 0.25) is 5.02 Å². The van der Waals surface area contributed by atoms with Crippen molar-refractivity contribution in [3.05, 3.63) is 94.5 Å². The van der Waals surface area contributed by atoms with Gasteiger partial charge in [-0.15, -0.1) is 0 Å². The van der Waals surface area contributed by atoms with Crippen molar-refractivity contribution in [2.24, 2.45) is 0 Å². The van der Waals surface area contributed by atoms with Crippen LogP contribution < -0.4 is 10.1 Å². The molecule has 1 N–H and O–H groups in total. The predicted octanol–water partition coefficient (Wildman–Crippen LogP) is 4.38. The van der Waals surface area contributed by atoms with Crippen molar-refractivity contribution >= 4 is 34.9 Å². The molecule has 1 amide bonds. The molecule has 0 radical (unpaired) electrons. The van der Waals surface area contributed by atoms with Gasteiger partial charge < -0.3 is 14.8 Å². The lowest BCUT2D eigenvalue weighted by atomic mass is 9.98. The molecular formula is C23H18ClNO5. The molecule has 0 spiro atoms. The van der Waals surface area contributed by atoms with E-state index in [1.807, 2.05) is 0 Å². The van der Waals surface area contributed by atoms with E-state index in [0.29, 0.717) is 22.0 Å². The number of methoxy groups -OCH3 is 1. The summed E-state index contributed by atoms with van der Waals surface area (Å²) in [5, 5.41) is 3.05. The number of rotatable bonds is 7. The summed E-state index contributed by atoms with van der Waals surface area (Å²) in [7, 11) is 1.53. The molecule has 0 atom stereocenters. The van der Waals surface area contributed by atoms with Crippen LogP contribution in [0.3, 0.4) is 0 Å². The number of amides is 1. The molecule has 0 unspecified atom stereocenters. The molecule has 6 nitrogen and oxygen atoms in total. The van der Waals surface area contributed by atoms with Crippen LogP contribution in [0.1, 0.15) is 26.3 Å². The zero-order valence-corrected chi connectivity index (χ0v) is 16.8. The predicted molar refractivity (Wildman–Crippen MR) is 113 cm³/mol. The normalized spacial score (nSPS) is 10.2. The maximum Gasteiger partial charge on any atom is 0.339 e. The minimum Gasteiger partial charge on any atom is -0.497 e. The maximum absolute atomic E-state index is 12.8. The summed E-state index contributed by atoms with van der Waals surface area (Å²) < 4.78 is 10.2. The van der Waals surface area contributed by atoms with Crippen LogP contribution in [0.15, 0.2) is 72.8 Å². The fraction of sp³-hybridized carbons (Fsp3) is 0.0870. The summed E-state index contributed by atoms with van der Waals surface area (Å²) in [6.45, 7) is -0.504. The molecule has 0 fully saturated rings. The van der Waals surface area contributed by atoms with Crippen LogP contribution >= 0.6 is 11.6 Å². The molecule has 3 rings (SSSR count). The van der Waals surface area contributed by atoms with Gasteiger partial charge in [-0.05, 0) is 48.5 Å². The molecule has 30 heavy (non-hydrogen) atoms. The van der Waals surface area contributed by atoms with Crippen LogP contribution in [0.25, 0.3) is 0 Å². The van der Waals surface area contributed by atoms with E-state index in [-0.39, 0.29) is 16.9 Å². The average Bonchev–Trinajstić information content (AvgIpc) is 2.77. The van der Waals surface area contributed by atoms with Gasteiger partial charge in [0.1, 0.15) is 5.75 Å². The first-order chi connectivity index (χ1) is 14.5. The summed E-state index contributed by atoms with van der Waals surface area (Å²) in [6.07, 6.45) is 0. The van der Waals surface area contributed by atoms with Crippen LogP contribution in [0.5, 0.6) is 5.75 Å². The first kappa shape index (κ1) is 21.1. The summed E-state index contributed by atoms with van der Waals surface area (Å²) in [5.41, 5.74) is 1.14. The van der Waals surface area contributed by atoms with Crippen molar-refractivity contribution in [2.75, 3.05) is 19.0 Å². The zero-order valence-electron chi connectivity index (χ0n) is 16.1. The van der Waals surface area contributed by atoms with E-state index in [4.69, 9.17) is 21.1 Å². The first-order valence-corrected chi connectivity index (χ1v) is 9.36. The monoisotopic (exact) mass is 423 g/mol. The van der Waals surface area contributed by atoms with Gasteiger partial charge in [0.05, 0.1) is 12.7 Å². The van der Waals surface area contributed by atoms with Gasteiger partial charge in [-0.25, -0.2) is 4.79 Å². The van der Waals surface area contributed by atoms with Gasteiger partial charge >= 0.3 is 5.97 Å². The van der Waals surface area contributed by atoms with E-state index in [1.165, 1.54) is 19.2 Å². The molecule has 3 aromatic rings. The number of hydrogen-bond donors (Lipinski definition) is 1. The Morgan fingerprint density at radius 3 is 2.27 bits per heavy atom. The van der Waals surface area contributed by atoms with Crippen LogP contribution in [-0.2, 0) is 9.53 Å². The Kier molecular flexibility index (Phi) is 6.83. The van der Waals surface area contributed by atoms with Crippen molar-refractivity contribution in [1.29, 1.82) is 0 Å². The number of carbonyl (C=O) groups is 3. The quantitative estimate of drug-likeness (QED) is 0.450. The highest BCUT2D eigenvalue weighted by Gasteiger charge is 2.20. The van der Waals surface area contributed by atoms with Crippen molar-refractivity contribution in [1.82, 2.24) is 0 Å². The molecule has 7 heteroatoms. The number of esters is 1. The molecule has 0 saturated carbocycles. The first-order valence-electron chi connectivity index (χ1n) is 8.98. The van der Waals surface area contributed by atoms with Crippen LogP contribution in [0.4, 0.5) is 5.69 Å². The molecular weight excluding hydrogens is 406 g/mol. The Balaban J connectivity index is 1.69. The Morgan fingerprint density at radius 1 is 0.900 bits per heavy atom. The highest BCUT2D eigenvalue weighted by atomic mass is 35.5. The highest BCUT2D eigenvalue weighted by molar-refractivity contribution is 6.30. The molecule has 0 aromatic heterocycles. The van der Waals surface area contributed by atoms with Gasteiger partial charge in [0.25, 0.3) is 5.91 Å². The molecule has 0 aliphatic heterocycles. The van der Waals surface area contributed by atoms with Crippen molar-refractivity contribution < 1.29 is 23.9 Å². The van der Waals surface area contributed by atoms with Gasteiger partial charge in [0.2, 0.25) is 0 Å². The Labute approximate surface area is 178 Å². The molecule has 0 aliphatic rings. The third kappa shape index (κ3) is 5.24. The fourth-order valence-corrected chi connectivity index (χ4v) is 2.92. The van der Waals surface area contributed by atoms with Crippen molar-refractivity contribution in [3.8, 4) is 5.75 Å². The third-order valence-electron chi connectivity index (χ3n) is 4.19. The number of halogens is 1. The summed E-state index contributed by atoms with van der Waals surface area (Å²) >= 11 is 5.87. The second-order valence-electron chi connectivity index (χ2n) is 6.24. The summed E-state index contributed by atoms with van der Waals surface area (Å²) in [5.74, 6) is -1.02. The SMILES string of the molecule is COc1ccc(C(=O)c2ccccc2C(=O)OCC(=O)Nc2cccc(Cl)c2)cc1. The van der Waals surface area contributed by atoms with E-state index in [1.54, 1.807) is 60.7 Å². The van der Waals surface area contributed by atoms with Crippen molar-refractivity contribution in [3.63, 3.8) is 0 Å². The number of ether oxygens (including phenoxy) is 2. The Morgan fingerprint density at radius 2 is 1.60 bits per heavy atom. The fourth-order valence-electron chi connectivity index (χ4n) is 2.73. The van der Waals surface area contributed by atoms with E-state index in [0.717, 1.165) is 0 Å². The van der Waals surface area contributed by atoms with Crippen LogP contribution in [-0.4, -0.2) is 31.4 Å². The number of hydrogen-bond acceptors (Lipinski definition) is 5. The smallest absolute Gasteiger partial charge is 0.339 e.